The van der Waals surface area contributed by atoms with Crippen LogP contribution in [0, 0.1) is 12.7 Å². The van der Waals surface area contributed by atoms with Gasteiger partial charge in [0.1, 0.15) is 5.82 Å². The molecule has 1 unspecified atom stereocenters. The van der Waals surface area contributed by atoms with Crippen molar-refractivity contribution in [3.05, 3.63) is 70.5 Å². The third-order valence-electron chi connectivity index (χ3n) is 3.54. The summed E-state index contributed by atoms with van der Waals surface area (Å²) >= 11 is 0. The summed E-state index contributed by atoms with van der Waals surface area (Å²) in [7, 11) is 1.86. The Morgan fingerprint density at radius 3 is 2.37 bits per heavy atom. The Kier molecular flexibility index (Phi) is 4.33. The average Bonchev–Trinajstić information content (AvgIpc) is 2.45. The lowest BCUT2D eigenvalue weighted by Gasteiger charge is -2.19. The number of aryl methyl sites for hydroxylation is 2. The van der Waals surface area contributed by atoms with Crippen molar-refractivity contribution in [2.45, 2.75) is 26.3 Å². The third-order valence-corrected chi connectivity index (χ3v) is 3.54. The molecule has 19 heavy (non-hydrogen) atoms. The van der Waals surface area contributed by atoms with Crippen molar-refractivity contribution in [2.75, 3.05) is 7.05 Å². The van der Waals surface area contributed by atoms with Gasteiger partial charge in [-0.15, -0.1) is 0 Å². The first-order valence-corrected chi connectivity index (χ1v) is 6.68. The maximum Gasteiger partial charge on any atom is 0.131 e. The highest BCUT2D eigenvalue weighted by molar-refractivity contribution is 5.36. The van der Waals surface area contributed by atoms with Crippen LogP contribution in [0.15, 0.2) is 42.5 Å². The summed E-state index contributed by atoms with van der Waals surface area (Å²) < 4.78 is 14.2. The van der Waals surface area contributed by atoms with Crippen LogP contribution in [0.4, 0.5) is 4.39 Å². The van der Waals surface area contributed by atoms with Gasteiger partial charge < -0.3 is 5.32 Å². The molecule has 0 amide bonds. The normalized spacial score (nSPS) is 12.4. The van der Waals surface area contributed by atoms with Crippen molar-refractivity contribution in [3.8, 4) is 0 Å². The zero-order valence-corrected chi connectivity index (χ0v) is 11.7. The Balaban J connectivity index is 2.40. The van der Waals surface area contributed by atoms with Gasteiger partial charge in [0.25, 0.3) is 0 Å². The van der Waals surface area contributed by atoms with Crippen LogP contribution in [0.5, 0.6) is 0 Å². The number of hydrogen-bond acceptors (Lipinski definition) is 1. The van der Waals surface area contributed by atoms with E-state index >= 15 is 0 Å². The average molecular weight is 257 g/mol. The fourth-order valence-corrected chi connectivity index (χ4v) is 2.34. The number of nitrogens with one attached hydrogen (secondary N) is 1. The van der Waals surface area contributed by atoms with Gasteiger partial charge in [0.05, 0.1) is 6.04 Å². The second kappa shape index (κ2) is 5.98. The van der Waals surface area contributed by atoms with Crippen molar-refractivity contribution < 1.29 is 4.39 Å². The van der Waals surface area contributed by atoms with Gasteiger partial charge in [-0.1, -0.05) is 49.4 Å². The molecule has 2 rings (SSSR count). The second-order valence-corrected chi connectivity index (χ2v) is 4.79. The molecule has 0 heterocycles. The highest BCUT2D eigenvalue weighted by atomic mass is 19.1. The number of hydrogen-bond donors (Lipinski definition) is 1. The van der Waals surface area contributed by atoms with Crippen LogP contribution < -0.4 is 5.32 Å². The number of halogens is 1. The molecular formula is C17H20FN. The van der Waals surface area contributed by atoms with Crippen LogP contribution in [0.25, 0.3) is 0 Å². The van der Waals surface area contributed by atoms with E-state index in [0.29, 0.717) is 11.1 Å². The summed E-state index contributed by atoms with van der Waals surface area (Å²) in [5.41, 5.74) is 3.77. The Morgan fingerprint density at radius 2 is 1.79 bits per heavy atom. The van der Waals surface area contributed by atoms with E-state index in [9.17, 15) is 4.39 Å². The lowest BCUT2D eigenvalue weighted by molar-refractivity contribution is 0.569. The van der Waals surface area contributed by atoms with E-state index in [1.54, 1.807) is 13.0 Å². The summed E-state index contributed by atoms with van der Waals surface area (Å²) in [5, 5.41) is 3.20. The number of rotatable bonds is 4. The summed E-state index contributed by atoms with van der Waals surface area (Å²) in [4.78, 5) is 0. The van der Waals surface area contributed by atoms with E-state index in [2.05, 4.69) is 36.5 Å². The first-order valence-electron chi connectivity index (χ1n) is 6.68. The lowest BCUT2D eigenvalue weighted by Crippen LogP contribution is -2.19. The van der Waals surface area contributed by atoms with E-state index in [1.807, 2.05) is 19.2 Å². The molecule has 0 bridgehead atoms. The molecule has 2 aromatic rings. The molecule has 0 saturated carbocycles. The van der Waals surface area contributed by atoms with Crippen molar-refractivity contribution in [1.82, 2.24) is 5.32 Å². The molecule has 2 heteroatoms. The molecule has 1 nitrogen and oxygen atoms in total. The SMILES string of the molecule is CCc1ccc(C(NC)c2cccc(C)c2F)cc1. The van der Waals surface area contributed by atoms with E-state index in [4.69, 9.17) is 0 Å². The first-order chi connectivity index (χ1) is 9.17. The van der Waals surface area contributed by atoms with Crippen molar-refractivity contribution >= 4 is 0 Å². The van der Waals surface area contributed by atoms with Crippen LogP contribution in [-0.4, -0.2) is 7.05 Å². The molecule has 1 atom stereocenters. The molecule has 0 saturated heterocycles. The Bertz CT molecular complexity index is 546. The summed E-state index contributed by atoms with van der Waals surface area (Å²) in [6.07, 6.45) is 1.02. The number of benzene rings is 2. The van der Waals surface area contributed by atoms with E-state index in [0.717, 1.165) is 12.0 Å². The summed E-state index contributed by atoms with van der Waals surface area (Å²) in [6.45, 7) is 3.93. The highest BCUT2D eigenvalue weighted by Crippen LogP contribution is 2.26. The van der Waals surface area contributed by atoms with Gasteiger partial charge in [0.2, 0.25) is 0 Å². The van der Waals surface area contributed by atoms with Gasteiger partial charge in [-0.2, -0.15) is 0 Å². The van der Waals surface area contributed by atoms with Crippen molar-refractivity contribution in [2.24, 2.45) is 0 Å². The quantitative estimate of drug-likeness (QED) is 0.872. The van der Waals surface area contributed by atoms with Crippen LogP contribution in [0.3, 0.4) is 0 Å². The van der Waals surface area contributed by atoms with Crippen LogP contribution in [0.2, 0.25) is 0 Å². The highest BCUT2D eigenvalue weighted by Gasteiger charge is 2.16. The smallest absolute Gasteiger partial charge is 0.131 e. The van der Waals surface area contributed by atoms with Crippen molar-refractivity contribution in [3.63, 3.8) is 0 Å². The molecular weight excluding hydrogens is 237 g/mol. The molecule has 0 radical (unpaired) electrons. The molecule has 0 aliphatic rings. The van der Waals surface area contributed by atoms with Gasteiger partial charge >= 0.3 is 0 Å². The van der Waals surface area contributed by atoms with E-state index in [-0.39, 0.29) is 11.9 Å². The molecule has 0 aromatic heterocycles. The maximum absolute atomic E-state index is 14.2. The zero-order valence-electron chi connectivity index (χ0n) is 11.7. The van der Waals surface area contributed by atoms with Crippen molar-refractivity contribution in [1.29, 1.82) is 0 Å². The largest absolute Gasteiger partial charge is 0.309 e. The zero-order chi connectivity index (χ0) is 13.8. The van der Waals surface area contributed by atoms with Gasteiger partial charge in [-0.05, 0) is 37.1 Å². The Labute approximate surface area is 114 Å². The maximum atomic E-state index is 14.2. The Morgan fingerprint density at radius 1 is 1.11 bits per heavy atom. The Hall–Kier alpha value is -1.67. The predicted octanol–water partition coefficient (Wildman–Crippen LogP) is 4.01. The fraction of sp³-hybridized carbons (Fsp3) is 0.294. The van der Waals surface area contributed by atoms with Gasteiger partial charge in [0, 0.05) is 5.56 Å². The minimum absolute atomic E-state index is 0.106. The fourth-order valence-electron chi connectivity index (χ4n) is 2.34. The van der Waals surface area contributed by atoms with Gasteiger partial charge in [0.15, 0.2) is 0 Å². The predicted molar refractivity (Wildman–Crippen MR) is 77.9 cm³/mol. The molecule has 2 aromatic carbocycles. The van der Waals surface area contributed by atoms with E-state index < -0.39 is 0 Å². The molecule has 1 N–H and O–H groups in total. The minimum Gasteiger partial charge on any atom is -0.309 e. The molecule has 0 fully saturated rings. The molecule has 0 aliphatic heterocycles. The van der Waals surface area contributed by atoms with Gasteiger partial charge in [-0.25, -0.2) is 4.39 Å². The minimum atomic E-state index is -0.124. The second-order valence-electron chi connectivity index (χ2n) is 4.79. The molecule has 0 aliphatic carbocycles. The van der Waals surface area contributed by atoms with Gasteiger partial charge in [-0.3, -0.25) is 0 Å². The van der Waals surface area contributed by atoms with Crippen LogP contribution in [0.1, 0.15) is 35.2 Å². The summed E-state index contributed by atoms with van der Waals surface area (Å²) in [6, 6.07) is 13.8. The molecule has 0 spiro atoms. The topological polar surface area (TPSA) is 12.0 Å². The third kappa shape index (κ3) is 2.85. The lowest BCUT2D eigenvalue weighted by atomic mass is 9.96. The monoisotopic (exact) mass is 257 g/mol. The summed E-state index contributed by atoms with van der Waals surface area (Å²) in [5.74, 6) is -0.124. The van der Waals surface area contributed by atoms with Crippen LogP contribution >= 0.6 is 0 Å². The standard InChI is InChI=1S/C17H20FN/c1-4-13-8-10-14(11-9-13)17(19-3)15-7-5-6-12(2)16(15)18/h5-11,17,19H,4H2,1-3H3. The van der Waals surface area contributed by atoms with E-state index in [1.165, 1.54) is 5.56 Å². The first kappa shape index (κ1) is 13.8. The molecule has 100 valence electrons. The van der Waals surface area contributed by atoms with Crippen LogP contribution in [-0.2, 0) is 6.42 Å².